The van der Waals surface area contributed by atoms with Crippen molar-refractivity contribution in [1.29, 1.82) is 0 Å². The highest BCUT2D eigenvalue weighted by molar-refractivity contribution is 7.92. The monoisotopic (exact) mass is 548 g/mol. The Morgan fingerprint density at radius 1 is 1.17 bits per heavy atom. The Bertz CT molecular complexity index is 1370. The van der Waals surface area contributed by atoms with Crippen molar-refractivity contribution >= 4 is 27.3 Å². The van der Waals surface area contributed by atoms with Crippen molar-refractivity contribution in [3.63, 3.8) is 0 Å². The SMILES string of the molecule is COCN(c1cc(C)cnc1C(O)c1c(F)cccc1OC)S(=O)(=O)c1ccc(Cl)c(C(F)(F)F)c1. The number of rotatable bonds is 8. The Morgan fingerprint density at radius 2 is 1.86 bits per heavy atom. The number of nitrogens with zero attached hydrogens (tertiary/aromatic N) is 2. The number of halogens is 5. The first kappa shape index (κ1) is 27.7. The molecule has 2 aromatic carbocycles. The summed E-state index contributed by atoms with van der Waals surface area (Å²) in [6, 6.07) is 7.28. The highest BCUT2D eigenvalue weighted by Gasteiger charge is 2.37. The lowest BCUT2D eigenvalue weighted by molar-refractivity contribution is -0.137. The third-order valence-corrected chi connectivity index (χ3v) is 7.21. The second-order valence-corrected chi connectivity index (χ2v) is 9.86. The zero-order valence-corrected chi connectivity index (χ0v) is 20.7. The minimum atomic E-state index is -4.91. The molecule has 0 saturated heterocycles. The first-order valence-electron chi connectivity index (χ1n) is 10.2. The van der Waals surface area contributed by atoms with Gasteiger partial charge in [-0.1, -0.05) is 17.7 Å². The molecule has 0 bridgehead atoms. The number of aromatic nitrogens is 1. The van der Waals surface area contributed by atoms with E-state index in [9.17, 15) is 31.1 Å². The molecule has 0 radical (unpaired) electrons. The summed E-state index contributed by atoms with van der Waals surface area (Å²) in [4.78, 5) is 3.38. The van der Waals surface area contributed by atoms with Crippen LogP contribution >= 0.6 is 11.6 Å². The molecule has 194 valence electrons. The quantitative estimate of drug-likeness (QED) is 0.311. The molecule has 1 atom stereocenters. The molecule has 1 unspecified atom stereocenters. The van der Waals surface area contributed by atoms with Crippen LogP contribution in [0.1, 0.15) is 28.5 Å². The van der Waals surface area contributed by atoms with Gasteiger partial charge >= 0.3 is 6.18 Å². The molecule has 1 N–H and O–H groups in total. The van der Waals surface area contributed by atoms with E-state index in [0.717, 1.165) is 18.2 Å². The molecule has 0 fully saturated rings. The lowest BCUT2D eigenvalue weighted by Gasteiger charge is -2.27. The molecule has 0 aliphatic heterocycles. The summed E-state index contributed by atoms with van der Waals surface area (Å²) in [6.07, 6.45) is -5.40. The fourth-order valence-electron chi connectivity index (χ4n) is 3.47. The summed E-state index contributed by atoms with van der Waals surface area (Å²) < 4.78 is 92.8. The minimum Gasteiger partial charge on any atom is -0.496 e. The van der Waals surface area contributed by atoms with Gasteiger partial charge in [-0.15, -0.1) is 0 Å². The van der Waals surface area contributed by atoms with Crippen molar-refractivity contribution in [2.24, 2.45) is 0 Å². The number of benzene rings is 2. The Hall–Kier alpha value is -2.93. The Morgan fingerprint density at radius 3 is 2.47 bits per heavy atom. The van der Waals surface area contributed by atoms with Gasteiger partial charge in [-0.3, -0.25) is 4.98 Å². The lowest BCUT2D eigenvalue weighted by Crippen LogP contribution is -2.34. The highest BCUT2D eigenvalue weighted by atomic mass is 35.5. The number of aliphatic hydroxyl groups excluding tert-OH is 1. The van der Waals surface area contributed by atoms with Crippen molar-refractivity contribution in [3.05, 3.63) is 81.9 Å². The molecule has 0 aliphatic rings. The fraction of sp³-hybridized carbons (Fsp3) is 0.261. The maximum atomic E-state index is 14.7. The molecule has 0 amide bonds. The van der Waals surface area contributed by atoms with Gasteiger partial charge in [-0.2, -0.15) is 13.2 Å². The van der Waals surface area contributed by atoms with Crippen molar-refractivity contribution in [2.45, 2.75) is 24.1 Å². The number of sulfonamides is 1. The number of pyridine rings is 1. The molecule has 3 aromatic rings. The van der Waals surface area contributed by atoms with Gasteiger partial charge < -0.3 is 14.6 Å². The normalized spacial score (nSPS) is 12.9. The Labute approximate surface area is 209 Å². The van der Waals surface area contributed by atoms with Crippen molar-refractivity contribution in [2.75, 3.05) is 25.3 Å². The second kappa shape index (κ2) is 10.6. The molecule has 13 heteroatoms. The number of methoxy groups -OCH3 is 2. The summed E-state index contributed by atoms with van der Waals surface area (Å²) in [5.41, 5.74) is -1.74. The maximum Gasteiger partial charge on any atom is 0.417 e. The molecule has 0 aliphatic carbocycles. The Kier molecular flexibility index (Phi) is 8.13. The molecule has 0 saturated carbocycles. The van der Waals surface area contributed by atoms with E-state index in [1.807, 2.05) is 0 Å². The van der Waals surface area contributed by atoms with E-state index in [4.69, 9.17) is 21.1 Å². The molecule has 0 spiro atoms. The van der Waals surface area contributed by atoms with Gasteiger partial charge in [0.2, 0.25) is 0 Å². The molecule has 7 nitrogen and oxygen atoms in total. The lowest BCUT2D eigenvalue weighted by atomic mass is 10.0. The van der Waals surface area contributed by atoms with Crippen LogP contribution in [0.3, 0.4) is 0 Å². The number of aryl methyl sites for hydroxylation is 1. The standard InChI is InChI=1S/C23H21ClF4N2O5S/c1-13-9-18(21(29-11-13)22(31)20-17(25)5-4-6-19(20)35-3)30(12-34-2)36(32,33)14-7-8-16(24)15(10-14)23(26,27)28/h4-11,22,31H,12H2,1-3H3. The molecule has 1 heterocycles. The molecular formula is C23H21ClF4N2O5S. The molecule has 1 aromatic heterocycles. The summed E-state index contributed by atoms with van der Waals surface area (Å²) in [5, 5.41) is 10.4. The van der Waals surface area contributed by atoms with Gasteiger partial charge in [0.05, 0.1) is 39.5 Å². The molecule has 36 heavy (non-hydrogen) atoms. The number of aliphatic hydroxyl groups is 1. The first-order valence-corrected chi connectivity index (χ1v) is 12.0. The number of hydrogen-bond donors (Lipinski definition) is 1. The zero-order valence-electron chi connectivity index (χ0n) is 19.2. The van der Waals surface area contributed by atoms with Gasteiger partial charge in [-0.25, -0.2) is 17.1 Å². The first-order chi connectivity index (χ1) is 16.8. The third kappa shape index (κ3) is 5.41. The predicted octanol–water partition coefficient (Wildman–Crippen LogP) is 5.09. The van der Waals surface area contributed by atoms with Crippen molar-refractivity contribution in [1.82, 2.24) is 4.98 Å². The average molecular weight is 549 g/mol. The van der Waals surface area contributed by atoms with Crippen LogP contribution in [0.5, 0.6) is 5.75 Å². The highest BCUT2D eigenvalue weighted by Crippen LogP contribution is 2.39. The number of hydrogen-bond acceptors (Lipinski definition) is 6. The zero-order chi connectivity index (χ0) is 26.8. The fourth-order valence-corrected chi connectivity index (χ4v) is 5.10. The van der Waals surface area contributed by atoms with E-state index in [0.29, 0.717) is 15.9 Å². The second-order valence-electron chi connectivity index (χ2n) is 7.59. The van der Waals surface area contributed by atoms with Gasteiger partial charge in [0, 0.05) is 13.3 Å². The maximum absolute atomic E-state index is 14.7. The number of anilines is 1. The van der Waals surface area contributed by atoms with Gasteiger partial charge in [0.25, 0.3) is 10.0 Å². The van der Waals surface area contributed by atoms with Crippen LogP contribution < -0.4 is 9.04 Å². The van der Waals surface area contributed by atoms with Crippen LogP contribution in [0.15, 0.2) is 53.6 Å². The average Bonchev–Trinajstić information content (AvgIpc) is 2.81. The van der Waals surface area contributed by atoms with Crippen LogP contribution in [0, 0.1) is 12.7 Å². The largest absolute Gasteiger partial charge is 0.496 e. The summed E-state index contributed by atoms with van der Waals surface area (Å²) in [7, 11) is -2.29. The van der Waals surface area contributed by atoms with Crippen LogP contribution in [-0.4, -0.2) is 39.5 Å². The van der Waals surface area contributed by atoms with Gasteiger partial charge in [0.1, 0.15) is 24.4 Å². The van der Waals surface area contributed by atoms with Crippen LogP contribution in [0.2, 0.25) is 5.02 Å². The van der Waals surface area contributed by atoms with Crippen LogP contribution in [-0.2, 0) is 20.9 Å². The van der Waals surface area contributed by atoms with E-state index in [-0.39, 0.29) is 22.7 Å². The number of alkyl halides is 3. The van der Waals surface area contributed by atoms with E-state index in [1.54, 1.807) is 6.92 Å². The predicted molar refractivity (Wildman–Crippen MR) is 124 cm³/mol. The van der Waals surface area contributed by atoms with E-state index < -0.39 is 50.3 Å². The van der Waals surface area contributed by atoms with Crippen LogP contribution in [0.25, 0.3) is 0 Å². The van der Waals surface area contributed by atoms with Crippen LogP contribution in [0.4, 0.5) is 23.2 Å². The summed E-state index contributed by atoms with van der Waals surface area (Å²) in [6.45, 7) is 0.920. The molecule has 3 rings (SSSR count). The van der Waals surface area contributed by atoms with Gasteiger partial charge in [-0.05, 0) is 48.9 Å². The van der Waals surface area contributed by atoms with Crippen molar-refractivity contribution in [3.8, 4) is 5.75 Å². The topological polar surface area (TPSA) is 89.0 Å². The smallest absolute Gasteiger partial charge is 0.417 e. The van der Waals surface area contributed by atoms with E-state index in [2.05, 4.69) is 4.98 Å². The Balaban J connectivity index is 2.23. The van der Waals surface area contributed by atoms with Gasteiger partial charge in [0.15, 0.2) is 0 Å². The van der Waals surface area contributed by atoms with Crippen molar-refractivity contribution < 1.29 is 40.6 Å². The third-order valence-electron chi connectivity index (χ3n) is 5.15. The number of ether oxygens (including phenoxy) is 2. The summed E-state index contributed by atoms with van der Waals surface area (Å²) >= 11 is 5.64. The van der Waals surface area contributed by atoms with E-state index in [1.165, 1.54) is 38.6 Å². The van der Waals surface area contributed by atoms with E-state index >= 15 is 0 Å². The minimum absolute atomic E-state index is 0.0236. The summed E-state index contributed by atoms with van der Waals surface area (Å²) in [5.74, 6) is -0.867. The molecular weight excluding hydrogens is 528 g/mol.